The summed E-state index contributed by atoms with van der Waals surface area (Å²) >= 11 is 6.16. The van der Waals surface area contributed by atoms with Crippen LogP contribution in [-0.2, 0) is 6.42 Å². The van der Waals surface area contributed by atoms with Gasteiger partial charge in [0.1, 0.15) is 5.75 Å². The van der Waals surface area contributed by atoms with Crippen molar-refractivity contribution in [1.82, 2.24) is 4.90 Å². The Hall–Kier alpha value is -1.81. The van der Waals surface area contributed by atoms with Gasteiger partial charge >= 0.3 is 0 Å². The molecule has 1 N–H and O–H groups in total. The Labute approximate surface area is 168 Å². The van der Waals surface area contributed by atoms with Crippen molar-refractivity contribution in [2.45, 2.75) is 25.9 Å². The molecule has 3 nitrogen and oxygen atoms in total. The van der Waals surface area contributed by atoms with Gasteiger partial charge in [-0.05, 0) is 62.0 Å². The number of rotatable bonds is 8. The molecule has 4 heteroatoms. The zero-order valence-electron chi connectivity index (χ0n) is 16.9. The van der Waals surface area contributed by atoms with Gasteiger partial charge in [0.15, 0.2) is 0 Å². The summed E-state index contributed by atoms with van der Waals surface area (Å²) in [5.41, 5.74) is 2.02. The van der Waals surface area contributed by atoms with Crippen molar-refractivity contribution in [3.63, 3.8) is 0 Å². The summed E-state index contributed by atoms with van der Waals surface area (Å²) in [7, 11) is 5.71. The molecule has 2 atom stereocenters. The minimum absolute atomic E-state index is 0.0426. The molecule has 0 bridgehead atoms. The summed E-state index contributed by atoms with van der Waals surface area (Å²) in [4.78, 5) is 2.11. The zero-order chi connectivity index (χ0) is 20.0. The summed E-state index contributed by atoms with van der Waals surface area (Å²) in [5, 5.41) is 12.4. The number of nitrogens with zero attached hydrogens (tertiary/aromatic N) is 1. The van der Waals surface area contributed by atoms with Crippen LogP contribution in [0.3, 0.4) is 0 Å². The second-order valence-corrected chi connectivity index (χ2v) is 7.93. The summed E-state index contributed by atoms with van der Waals surface area (Å²) in [5.74, 6) is 0.862. The number of hydrogen-bond acceptors (Lipinski definition) is 3. The summed E-state index contributed by atoms with van der Waals surface area (Å²) < 4.78 is 5.23. The zero-order valence-corrected chi connectivity index (χ0v) is 17.6. The molecule has 2 unspecified atom stereocenters. The van der Waals surface area contributed by atoms with E-state index in [0.717, 1.165) is 29.0 Å². The Morgan fingerprint density at radius 1 is 1.22 bits per heavy atom. The van der Waals surface area contributed by atoms with Gasteiger partial charge in [-0.1, -0.05) is 48.9 Å². The fraction of sp³-hybridized carbons (Fsp3) is 0.391. The van der Waals surface area contributed by atoms with E-state index in [1.165, 1.54) is 0 Å². The summed E-state index contributed by atoms with van der Waals surface area (Å²) in [6, 6.07) is 15.6. The van der Waals surface area contributed by atoms with Crippen molar-refractivity contribution in [2.24, 2.45) is 5.92 Å². The average Bonchev–Trinajstić information content (AvgIpc) is 2.61. The monoisotopic (exact) mass is 387 g/mol. The number of benzene rings is 2. The molecule has 146 valence electrons. The maximum absolute atomic E-state index is 11.7. The van der Waals surface area contributed by atoms with E-state index in [9.17, 15) is 5.11 Å². The third kappa shape index (κ3) is 5.83. The first-order valence-corrected chi connectivity index (χ1v) is 9.57. The smallest absolute Gasteiger partial charge is 0.118 e. The van der Waals surface area contributed by atoms with Crippen LogP contribution in [0.2, 0.25) is 5.02 Å². The minimum atomic E-state index is -0.977. The molecular formula is C23H30ClNO2. The van der Waals surface area contributed by atoms with Crippen LogP contribution in [0.4, 0.5) is 0 Å². The maximum Gasteiger partial charge on any atom is 0.118 e. The number of aliphatic hydroxyl groups is 1. The van der Waals surface area contributed by atoms with E-state index in [2.05, 4.69) is 17.9 Å². The van der Waals surface area contributed by atoms with Crippen LogP contribution in [0.1, 0.15) is 25.0 Å². The second-order valence-electron chi connectivity index (χ2n) is 7.49. The van der Waals surface area contributed by atoms with E-state index in [1.807, 2.05) is 69.6 Å². The van der Waals surface area contributed by atoms with Gasteiger partial charge in [-0.3, -0.25) is 0 Å². The lowest BCUT2D eigenvalue weighted by Crippen LogP contribution is -2.44. The Balaban J connectivity index is 2.38. The van der Waals surface area contributed by atoms with Gasteiger partial charge in [-0.2, -0.15) is 0 Å². The first-order valence-electron chi connectivity index (χ1n) is 9.19. The molecule has 0 radical (unpaired) electrons. The van der Waals surface area contributed by atoms with Gasteiger partial charge in [0, 0.05) is 23.9 Å². The van der Waals surface area contributed by atoms with Crippen molar-refractivity contribution in [2.75, 3.05) is 27.7 Å². The molecule has 0 aromatic heterocycles. The Bertz CT molecular complexity index is 770. The van der Waals surface area contributed by atoms with Crippen LogP contribution in [-0.4, -0.2) is 43.4 Å². The molecule has 0 aliphatic carbocycles. The van der Waals surface area contributed by atoms with Crippen molar-refractivity contribution in [1.29, 1.82) is 0 Å². The second kappa shape index (κ2) is 9.41. The van der Waals surface area contributed by atoms with Gasteiger partial charge in [0.25, 0.3) is 0 Å². The molecule has 2 rings (SSSR count). The Morgan fingerprint density at radius 2 is 1.89 bits per heavy atom. The standard InChI is InChI=1S/C23H30ClNO2/c1-17(13-19-9-11-22(27-5)12-10-19)23(26,18(2)16-25(3)4)15-20-7-6-8-21(24)14-20/h6-14,18,26H,15-16H2,1-5H3. The number of hydrogen-bond donors (Lipinski definition) is 1. The molecule has 0 fully saturated rings. The summed E-state index contributed by atoms with van der Waals surface area (Å²) in [6.45, 7) is 4.88. The third-order valence-corrected chi connectivity index (χ3v) is 5.23. The van der Waals surface area contributed by atoms with Crippen LogP contribution in [0.5, 0.6) is 5.75 Å². The van der Waals surface area contributed by atoms with E-state index >= 15 is 0 Å². The molecule has 0 heterocycles. The molecule has 2 aromatic rings. The first-order chi connectivity index (χ1) is 12.7. The van der Waals surface area contributed by atoms with Gasteiger partial charge in [-0.25, -0.2) is 0 Å². The van der Waals surface area contributed by atoms with Gasteiger partial charge in [0.05, 0.1) is 12.7 Å². The maximum atomic E-state index is 11.7. The van der Waals surface area contributed by atoms with Crippen LogP contribution < -0.4 is 4.74 Å². The van der Waals surface area contributed by atoms with E-state index in [0.29, 0.717) is 11.4 Å². The number of halogens is 1. The van der Waals surface area contributed by atoms with Crippen molar-refractivity contribution < 1.29 is 9.84 Å². The van der Waals surface area contributed by atoms with Crippen molar-refractivity contribution >= 4 is 17.7 Å². The van der Waals surface area contributed by atoms with Gasteiger partial charge in [0.2, 0.25) is 0 Å². The van der Waals surface area contributed by atoms with Crippen molar-refractivity contribution in [3.05, 3.63) is 70.3 Å². The molecule has 27 heavy (non-hydrogen) atoms. The normalized spacial score (nSPS) is 15.5. The highest BCUT2D eigenvalue weighted by molar-refractivity contribution is 6.30. The quantitative estimate of drug-likeness (QED) is 0.697. The molecule has 0 amide bonds. The highest BCUT2D eigenvalue weighted by Gasteiger charge is 2.36. The lowest BCUT2D eigenvalue weighted by molar-refractivity contribution is 0.0150. The van der Waals surface area contributed by atoms with Crippen molar-refractivity contribution in [3.8, 4) is 5.75 Å². The Morgan fingerprint density at radius 3 is 2.44 bits per heavy atom. The molecule has 0 saturated heterocycles. The SMILES string of the molecule is COc1ccc(C=C(C)C(O)(Cc2cccc(Cl)c2)C(C)CN(C)C)cc1. The summed E-state index contributed by atoms with van der Waals surface area (Å²) in [6.07, 6.45) is 2.57. The molecule has 2 aromatic carbocycles. The van der Waals surface area contributed by atoms with E-state index in [1.54, 1.807) is 7.11 Å². The third-order valence-electron chi connectivity index (χ3n) is 5.00. The van der Waals surface area contributed by atoms with Crippen LogP contribution >= 0.6 is 11.6 Å². The van der Waals surface area contributed by atoms with Gasteiger partial charge < -0.3 is 14.7 Å². The Kier molecular flexibility index (Phi) is 7.49. The van der Waals surface area contributed by atoms with Crippen LogP contribution in [0.25, 0.3) is 6.08 Å². The highest BCUT2D eigenvalue weighted by atomic mass is 35.5. The predicted molar refractivity (Wildman–Crippen MR) is 114 cm³/mol. The molecule has 0 aliphatic heterocycles. The van der Waals surface area contributed by atoms with Crippen LogP contribution in [0, 0.1) is 5.92 Å². The predicted octanol–water partition coefficient (Wildman–Crippen LogP) is 4.92. The number of ether oxygens (including phenoxy) is 1. The fourth-order valence-corrected chi connectivity index (χ4v) is 3.65. The fourth-order valence-electron chi connectivity index (χ4n) is 3.43. The molecule has 0 saturated carbocycles. The largest absolute Gasteiger partial charge is 0.497 e. The topological polar surface area (TPSA) is 32.7 Å². The lowest BCUT2D eigenvalue weighted by atomic mass is 9.77. The van der Waals surface area contributed by atoms with Crippen LogP contribution in [0.15, 0.2) is 54.1 Å². The molecule has 0 spiro atoms. The molecular weight excluding hydrogens is 358 g/mol. The number of methoxy groups -OCH3 is 1. The van der Waals surface area contributed by atoms with E-state index in [-0.39, 0.29) is 5.92 Å². The molecule has 0 aliphatic rings. The average molecular weight is 388 g/mol. The lowest BCUT2D eigenvalue weighted by Gasteiger charge is -2.37. The minimum Gasteiger partial charge on any atom is -0.497 e. The highest BCUT2D eigenvalue weighted by Crippen LogP contribution is 2.33. The van der Waals surface area contributed by atoms with Gasteiger partial charge in [-0.15, -0.1) is 0 Å². The van der Waals surface area contributed by atoms with E-state index < -0.39 is 5.60 Å². The van der Waals surface area contributed by atoms with E-state index in [4.69, 9.17) is 16.3 Å². The first kappa shape index (κ1) is 21.5.